The zero-order chi connectivity index (χ0) is 18.2. The van der Waals surface area contributed by atoms with Gasteiger partial charge in [0.15, 0.2) is 0 Å². The number of carbonyl (C=O) groups is 2. The van der Waals surface area contributed by atoms with Crippen molar-refractivity contribution in [3.63, 3.8) is 0 Å². The topological polar surface area (TPSA) is 64.7 Å². The van der Waals surface area contributed by atoms with Crippen molar-refractivity contribution >= 4 is 17.6 Å². The summed E-state index contributed by atoms with van der Waals surface area (Å²) < 4.78 is 0. The largest absolute Gasteiger partial charge is 0.350 e. The summed E-state index contributed by atoms with van der Waals surface area (Å²) in [7, 11) is 0. The van der Waals surface area contributed by atoms with E-state index < -0.39 is 0 Å². The highest BCUT2D eigenvalue weighted by Crippen LogP contribution is 2.18. The molecule has 138 valence electrons. The van der Waals surface area contributed by atoms with Crippen LogP contribution in [0, 0.1) is 0 Å². The van der Waals surface area contributed by atoms with Gasteiger partial charge in [-0.05, 0) is 57.6 Å². The van der Waals surface area contributed by atoms with Crippen LogP contribution in [0.4, 0.5) is 10.5 Å². The van der Waals surface area contributed by atoms with Crippen molar-refractivity contribution in [3.8, 4) is 0 Å². The van der Waals surface area contributed by atoms with E-state index in [1.54, 1.807) is 17.0 Å². The maximum absolute atomic E-state index is 12.5. The number of carbonyl (C=O) groups excluding carboxylic acids is 2. The lowest BCUT2D eigenvalue weighted by Crippen LogP contribution is -2.34. The molecular weight excluding hydrogens is 316 g/mol. The number of amides is 3. The predicted molar refractivity (Wildman–Crippen MR) is 101 cm³/mol. The molecule has 0 saturated carbocycles. The summed E-state index contributed by atoms with van der Waals surface area (Å²) in [4.78, 5) is 28.3. The molecular formula is C19H30N4O2. The van der Waals surface area contributed by atoms with Crippen molar-refractivity contribution in [2.75, 3.05) is 37.6 Å². The van der Waals surface area contributed by atoms with Gasteiger partial charge in [0.05, 0.1) is 0 Å². The fourth-order valence-electron chi connectivity index (χ4n) is 3.07. The van der Waals surface area contributed by atoms with E-state index in [2.05, 4.69) is 29.4 Å². The third-order valence-electron chi connectivity index (χ3n) is 4.66. The molecule has 1 saturated heterocycles. The normalized spacial score (nSPS) is 15.4. The van der Waals surface area contributed by atoms with E-state index in [4.69, 9.17) is 0 Å². The number of urea groups is 1. The number of hydrogen-bond acceptors (Lipinski definition) is 3. The van der Waals surface area contributed by atoms with E-state index in [-0.39, 0.29) is 18.0 Å². The van der Waals surface area contributed by atoms with Gasteiger partial charge >= 0.3 is 6.03 Å². The fraction of sp³-hybridized carbons (Fsp3) is 0.579. The molecule has 0 aromatic heterocycles. The number of hydrogen-bond donors (Lipinski definition) is 2. The van der Waals surface area contributed by atoms with Gasteiger partial charge < -0.3 is 15.5 Å². The molecule has 0 spiro atoms. The summed E-state index contributed by atoms with van der Waals surface area (Å²) in [5.74, 6) is -0.0863. The van der Waals surface area contributed by atoms with E-state index in [1.165, 1.54) is 0 Å². The van der Waals surface area contributed by atoms with Gasteiger partial charge in [0.2, 0.25) is 0 Å². The fourth-order valence-corrected chi connectivity index (χ4v) is 3.07. The average Bonchev–Trinajstić information content (AvgIpc) is 3.05. The molecule has 1 atom stereocenters. The van der Waals surface area contributed by atoms with Crippen molar-refractivity contribution in [1.82, 2.24) is 15.5 Å². The molecule has 0 bridgehead atoms. The van der Waals surface area contributed by atoms with Gasteiger partial charge in [0, 0.05) is 30.4 Å². The van der Waals surface area contributed by atoms with Crippen molar-refractivity contribution in [3.05, 3.63) is 29.8 Å². The summed E-state index contributed by atoms with van der Waals surface area (Å²) in [5, 5.41) is 5.83. The summed E-state index contributed by atoms with van der Waals surface area (Å²) in [6.07, 6.45) is 2.02. The highest BCUT2D eigenvalue weighted by atomic mass is 16.2. The highest BCUT2D eigenvalue weighted by Gasteiger charge is 2.22. The van der Waals surface area contributed by atoms with Crippen LogP contribution in [0.1, 0.15) is 44.0 Å². The Balaban J connectivity index is 1.87. The van der Waals surface area contributed by atoms with E-state index in [1.807, 2.05) is 19.1 Å². The van der Waals surface area contributed by atoms with Gasteiger partial charge in [0.1, 0.15) is 0 Å². The lowest BCUT2D eigenvalue weighted by atomic mass is 10.1. The van der Waals surface area contributed by atoms with Crippen LogP contribution < -0.4 is 15.5 Å². The van der Waals surface area contributed by atoms with Gasteiger partial charge in [-0.1, -0.05) is 19.9 Å². The minimum Gasteiger partial charge on any atom is -0.350 e. The minimum absolute atomic E-state index is 0.0863. The highest BCUT2D eigenvalue weighted by molar-refractivity contribution is 5.98. The maximum atomic E-state index is 12.5. The van der Waals surface area contributed by atoms with Gasteiger partial charge in [0.25, 0.3) is 5.91 Å². The lowest BCUT2D eigenvalue weighted by Gasteiger charge is -2.20. The molecule has 0 radical (unpaired) electrons. The van der Waals surface area contributed by atoms with Crippen molar-refractivity contribution in [1.29, 1.82) is 0 Å². The van der Waals surface area contributed by atoms with Gasteiger partial charge in [-0.2, -0.15) is 0 Å². The Morgan fingerprint density at radius 1 is 1.36 bits per heavy atom. The SMILES string of the molecule is CCN(CC)CCC[C@H](C)NC(=O)c1cccc(N2CCNC2=O)c1. The van der Waals surface area contributed by atoms with E-state index in [9.17, 15) is 9.59 Å². The second-order valence-corrected chi connectivity index (χ2v) is 6.48. The van der Waals surface area contributed by atoms with Gasteiger partial charge in [-0.15, -0.1) is 0 Å². The van der Waals surface area contributed by atoms with Gasteiger partial charge in [-0.25, -0.2) is 4.79 Å². The number of nitrogens with one attached hydrogen (secondary N) is 2. The summed E-state index contributed by atoms with van der Waals surface area (Å²) in [6, 6.07) is 7.26. The zero-order valence-electron chi connectivity index (χ0n) is 15.5. The molecule has 1 fully saturated rings. The molecule has 6 nitrogen and oxygen atoms in total. The van der Waals surface area contributed by atoms with Crippen LogP contribution in [0.2, 0.25) is 0 Å². The Morgan fingerprint density at radius 2 is 2.12 bits per heavy atom. The Morgan fingerprint density at radius 3 is 2.76 bits per heavy atom. The van der Waals surface area contributed by atoms with E-state index in [0.29, 0.717) is 18.7 Å². The molecule has 1 aromatic carbocycles. The van der Waals surface area contributed by atoms with E-state index in [0.717, 1.165) is 38.2 Å². The second kappa shape index (κ2) is 9.42. The summed E-state index contributed by atoms with van der Waals surface area (Å²) in [5.41, 5.74) is 1.35. The minimum atomic E-state index is -0.109. The summed E-state index contributed by atoms with van der Waals surface area (Å²) >= 11 is 0. The Labute approximate surface area is 150 Å². The lowest BCUT2D eigenvalue weighted by molar-refractivity contribution is 0.0937. The van der Waals surface area contributed by atoms with Crippen LogP contribution in [0.25, 0.3) is 0 Å². The zero-order valence-corrected chi connectivity index (χ0v) is 15.5. The van der Waals surface area contributed by atoms with Gasteiger partial charge in [-0.3, -0.25) is 9.69 Å². The third-order valence-corrected chi connectivity index (χ3v) is 4.66. The molecule has 25 heavy (non-hydrogen) atoms. The molecule has 1 aromatic rings. The number of anilines is 1. The molecule has 6 heteroatoms. The molecule has 0 aliphatic carbocycles. The van der Waals surface area contributed by atoms with Crippen LogP contribution in [0.5, 0.6) is 0 Å². The number of rotatable bonds is 9. The molecule has 3 amide bonds. The van der Waals surface area contributed by atoms with Crippen LogP contribution in [-0.2, 0) is 0 Å². The first-order valence-electron chi connectivity index (χ1n) is 9.23. The van der Waals surface area contributed by atoms with Crippen LogP contribution >= 0.6 is 0 Å². The summed E-state index contributed by atoms with van der Waals surface area (Å²) in [6.45, 7) is 10.8. The number of benzene rings is 1. The second-order valence-electron chi connectivity index (χ2n) is 6.48. The first-order valence-corrected chi connectivity index (χ1v) is 9.23. The van der Waals surface area contributed by atoms with Crippen LogP contribution in [-0.4, -0.2) is 55.6 Å². The van der Waals surface area contributed by atoms with Crippen LogP contribution in [0.3, 0.4) is 0 Å². The molecule has 1 aliphatic rings. The Kier molecular flexibility index (Phi) is 7.25. The van der Waals surface area contributed by atoms with Crippen molar-refractivity contribution in [2.24, 2.45) is 0 Å². The number of nitrogens with zero attached hydrogens (tertiary/aromatic N) is 2. The Bertz CT molecular complexity index is 587. The standard InChI is InChI=1S/C19H30N4O2/c1-4-22(5-2)12-7-8-15(3)21-18(24)16-9-6-10-17(14-16)23-13-11-20-19(23)25/h6,9-10,14-15H,4-5,7-8,11-13H2,1-3H3,(H,20,25)(H,21,24)/t15-/m0/s1. The molecule has 2 N–H and O–H groups in total. The first kappa shape index (κ1) is 19.2. The quantitative estimate of drug-likeness (QED) is 0.722. The first-order chi connectivity index (χ1) is 12.0. The average molecular weight is 346 g/mol. The van der Waals surface area contributed by atoms with Crippen molar-refractivity contribution in [2.45, 2.75) is 39.7 Å². The molecule has 1 heterocycles. The smallest absolute Gasteiger partial charge is 0.321 e. The predicted octanol–water partition coefficient (Wildman–Crippen LogP) is 2.46. The monoisotopic (exact) mass is 346 g/mol. The third kappa shape index (κ3) is 5.46. The van der Waals surface area contributed by atoms with Crippen LogP contribution in [0.15, 0.2) is 24.3 Å². The molecule has 1 aliphatic heterocycles. The molecule has 0 unspecified atom stereocenters. The molecule has 2 rings (SSSR count). The van der Waals surface area contributed by atoms with E-state index >= 15 is 0 Å². The maximum Gasteiger partial charge on any atom is 0.321 e. The Hall–Kier alpha value is -2.08. The van der Waals surface area contributed by atoms with Crippen molar-refractivity contribution < 1.29 is 9.59 Å².